The molecule has 1 aliphatic heterocycles. The molecule has 1 heterocycles. The molecule has 1 atom stereocenters. The summed E-state index contributed by atoms with van der Waals surface area (Å²) >= 11 is 1.79. The van der Waals surface area contributed by atoms with Crippen molar-refractivity contribution in [3.63, 3.8) is 0 Å². The third-order valence-electron chi connectivity index (χ3n) is 1.91. The van der Waals surface area contributed by atoms with Crippen LogP contribution in [0.15, 0.2) is 29.2 Å². The molecule has 64 valence electrons. The third-order valence-corrected chi connectivity index (χ3v) is 3.00. The van der Waals surface area contributed by atoms with Gasteiger partial charge in [-0.3, -0.25) is 5.32 Å². The Labute approximate surface area is 76.0 Å². The predicted octanol–water partition coefficient (Wildman–Crippen LogP) is 1.37. The van der Waals surface area contributed by atoms with Crippen LogP contribution in [0.1, 0.15) is 11.8 Å². The van der Waals surface area contributed by atoms with Crippen LogP contribution in [0.5, 0.6) is 0 Å². The van der Waals surface area contributed by atoms with Gasteiger partial charge in [0, 0.05) is 22.8 Å². The molecular formula is C9H11NOS. The lowest BCUT2D eigenvalue weighted by atomic mass is 10.2. The fourth-order valence-electron chi connectivity index (χ4n) is 1.30. The van der Waals surface area contributed by atoms with E-state index < -0.39 is 6.23 Å². The fraction of sp³-hybridized carbons (Fsp3) is 0.333. The van der Waals surface area contributed by atoms with E-state index in [9.17, 15) is 5.11 Å². The van der Waals surface area contributed by atoms with E-state index in [2.05, 4.69) is 11.4 Å². The van der Waals surface area contributed by atoms with Crippen LogP contribution in [-0.4, -0.2) is 17.4 Å². The van der Waals surface area contributed by atoms with Crippen molar-refractivity contribution >= 4 is 11.8 Å². The molecule has 1 aliphatic rings. The minimum absolute atomic E-state index is 0.490. The molecule has 2 N–H and O–H groups in total. The first-order valence-corrected chi connectivity index (χ1v) is 4.99. The zero-order valence-electron chi connectivity index (χ0n) is 6.66. The molecule has 1 unspecified atom stereocenters. The lowest BCUT2D eigenvalue weighted by Crippen LogP contribution is -2.21. The van der Waals surface area contributed by atoms with Gasteiger partial charge in [0.05, 0.1) is 0 Å². The fourth-order valence-corrected chi connectivity index (χ4v) is 2.27. The molecule has 0 amide bonds. The van der Waals surface area contributed by atoms with E-state index in [0.29, 0.717) is 0 Å². The molecule has 3 heteroatoms. The van der Waals surface area contributed by atoms with Crippen molar-refractivity contribution in [3.05, 3.63) is 29.8 Å². The van der Waals surface area contributed by atoms with Crippen molar-refractivity contribution in [3.8, 4) is 0 Å². The van der Waals surface area contributed by atoms with E-state index in [0.717, 1.165) is 17.9 Å². The Morgan fingerprint density at radius 1 is 1.42 bits per heavy atom. The molecule has 0 aromatic heterocycles. The molecule has 2 rings (SSSR count). The van der Waals surface area contributed by atoms with E-state index in [4.69, 9.17) is 0 Å². The average molecular weight is 181 g/mol. The second kappa shape index (κ2) is 3.47. The molecular weight excluding hydrogens is 170 g/mol. The van der Waals surface area contributed by atoms with Crippen LogP contribution >= 0.6 is 11.8 Å². The van der Waals surface area contributed by atoms with Gasteiger partial charge in [0.1, 0.15) is 6.23 Å². The maximum Gasteiger partial charge on any atom is 0.132 e. The largest absolute Gasteiger partial charge is 0.374 e. The summed E-state index contributed by atoms with van der Waals surface area (Å²) in [6, 6.07) is 7.97. The van der Waals surface area contributed by atoms with Gasteiger partial charge in [-0.1, -0.05) is 18.2 Å². The van der Waals surface area contributed by atoms with Crippen molar-refractivity contribution in [2.24, 2.45) is 0 Å². The SMILES string of the molecule is OC1NCCSc2ccccc21. The van der Waals surface area contributed by atoms with Gasteiger partial charge in [-0.25, -0.2) is 0 Å². The van der Waals surface area contributed by atoms with E-state index in [1.807, 2.05) is 18.2 Å². The van der Waals surface area contributed by atoms with Crippen LogP contribution in [0.2, 0.25) is 0 Å². The highest BCUT2D eigenvalue weighted by Gasteiger charge is 2.14. The van der Waals surface area contributed by atoms with Gasteiger partial charge in [0.15, 0.2) is 0 Å². The summed E-state index contributed by atoms with van der Waals surface area (Å²) in [5.41, 5.74) is 1.00. The van der Waals surface area contributed by atoms with E-state index in [1.165, 1.54) is 4.90 Å². The third kappa shape index (κ3) is 1.48. The summed E-state index contributed by atoms with van der Waals surface area (Å²) in [5.74, 6) is 1.02. The van der Waals surface area contributed by atoms with E-state index in [1.54, 1.807) is 11.8 Å². The van der Waals surface area contributed by atoms with Gasteiger partial charge in [-0.05, 0) is 6.07 Å². The lowest BCUT2D eigenvalue weighted by molar-refractivity contribution is 0.140. The van der Waals surface area contributed by atoms with Crippen molar-refractivity contribution in [2.45, 2.75) is 11.1 Å². The molecule has 0 spiro atoms. The summed E-state index contributed by atoms with van der Waals surface area (Å²) in [4.78, 5) is 1.19. The number of benzene rings is 1. The highest BCUT2D eigenvalue weighted by atomic mass is 32.2. The molecule has 0 radical (unpaired) electrons. The lowest BCUT2D eigenvalue weighted by Gasteiger charge is -2.10. The number of nitrogens with one attached hydrogen (secondary N) is 1. The van der Waals surface area contributed by atoms with Gasteiger partial charge < -0.3 is 5.11 Å². The van der Waals surface area contributed by atoms with E-state index in [-0.39, 0.29) is 0 Å². The van der Waals surface area contributed by atoms with Crippen molar-refractivity contribution in [1.82, 2.24) is 5.32 Å². The van der Waals surface area contributed by atoms with Crippen LogP contribution in [0.3, 0.4) is 0 Å². The highest BCUT2D eigenvalue weighted by Crippen LogP contribution is 2.28. The zero-order valence-corrected chi connectivity index (χ0v) is 7.47. The first-order chi connectivity index (χ1) is 5.88. The summed E-state index contributed by atoms with van der Waals surface area (Å²) in [6.45, 7) is 0.862. The minimum atomic E-state index is -0.490. The number of hydrogen-bond donors (Lipinski definition) is 2. The maximum absolute atomic E-state index is 9.62. The van der Waals surface area contributed by atoms with Crippen LogP contribution < -0.4 is 5.32 Å². The first kappa shape index (κ1) is 8.10. The number of rotatable bonds is 0. The highest BCUT2D eigenvalue weighted by molar-refractivity contribution is 7.99. The molecule has 0 bridgehead atoms. The van der Waals surface area contributed by atoms with Crippen LogP contribution in [0, 0.1) is 0 Å². The quantitative estimate of drug-likeness (QED) is 0.634. The minimum Gasteiger partial charge on any atom is -0.374 e. The van der Waals surface area contributed by atoms with Crippen LogP contribution in [0.25, 0.3) is 0 Å². The monoisotopic (exact) mass is 181 g/mol. The molecule has 12 heavy (non-hydrogen) atoms. The number of aliphatic hydroxyl groups excluding tert-OH is 1. The normalized spacial score (nSPS) is 22.9. The van der Waals surface area contributed by atoms with Crippen LogP contribution in [0.4, 0.5) is 0 Å². The molecule has 1 aromatic carbocycles. The number of fused-ring (bicyclic) bond motifs is 1. The topological polar surface area (TPSA) is 32.3 Å². The standard InChI is InChI=1S/C9H11NOS/c11-9-7-3-1-2-4-8(7)12-6-5-10-9/h1-4,9-11H,5-6H2. The Morgan fingerprint density at radius 2 is 2.25 bits per heavy atom. The summed E-state index contributed by atoms with van der Waals surface area (Å²) in [5, 5.41) is 12.7. The number of aliphatic hydroxyl groups is 1. The Bertz CT molecular complexity index is 277. The van der Waals surface area contributed by atoms with Crippen molar-refractivity contribution in [1.29, 1.82) is 0 Å². The van der Waals surface area contributed by atoms with Crippen molar-refractivity contribution < 1.29 is 5.11 Å². The van der Waals surface area contributed by atoms with Gasteiger partial charge in [-0.2, -0.15) is 0 Å². The van der Waals surface area contributed by atoms with Gasteiger partial charge in [0.25, 0.3) is 0 Å². The van der Waals surface area contributed by atoms with Gasteiger partial charge >= 0.3 is 0 Å². The molecule has 0 saturated heterocycles. The number of thioether (sulfide) groups is 1. The van der Waals surface area contributed by atoms with Crippen LogP contribution in [-0.2, 0) is 0 Å². The summed E-state index contributed by atoms with van der Waals surface area (Å²) in [7, 11) is 0. The Kier molecular flexibility index (Phi) is 2.35. The Morgan fingerprint density at radius 3 is 3.17 bits per heavy atom. The first-order valence-electron chi connectivity index (χ1n) is 4.01. The molecule has 0 aliphatic carbocycles. The van der Waals surface area contributed by atoms with Gasteiger partial charge in [0.2, 0.25) is 0 Å². The number of hydrogen-bond acceptors (Lipinski definition) is 3. The Balaban J connectivity index is 2.39. The summed E-state index contributed by atoms with van der Waals surface area (Å²) < 4.78 is 0. The molecule has 1 aromatic rings. The molecule has 0 saturated carbocycles. The Hall–Kier alpha value is -0.510. The van der Waals surface area contributed by atoms with E-state index >= 15 is 0 Å². The molecule has 0 fully saturated rings. The maximum atomic E-state index is 9.62. The van der Waals surface area contributed by atoms with Gasteiger partial charge in [-0.15, -0.1) is 11.8 Å². The zero-order chi connectivity index (χ0) is 8.39. The second-order valence-electron chi connectivity index (χ2n) is 2.74. The smallest absolute Gasteiger partial charge is 0.132 e. The molecule has 2 nitrogen and oxygen atoms in total. The average Bonchev–Trinajstić information content (AvgIpc) is 2.29. The predicted molar refractivity (Wildman–Crippen MR) is 50.1 cm³/mol. The summed E-state index contributed by atoms with van der Waals surface area (Å²) in [6.07, 6.45) is -0.490. The van der Waals surface area contributed by atoms with Crippen molar-refractivity contribution in [2.75, 3.05) is 12.3 Å². The second-order valence-corrected chi connectivity index (χ2v) is 3.88.